The summed E-state index contributed by atoms with van der Waals surface area (Å²) in [4.78, 5) is 0. The first kappa shape index (κ1) is 29.4. The highest BCUT2D eigenvalue weighted by atomic mass is 14.5. The highest BCUT2D eigenvalue weighted by Crippen LogP contribution is 2.64. The Labute approximate surface area is 319 Å². The maximum atomic E-state index is 2.48. The van der Waals surface area contributed by atoms with Gasteiger partial charge in [-0.2, -0.15) is 0 Å². The molecule has 55 heavy (non-hydrogen) atoms. The van der Waals surface area contributed by atoms with Gasteiger partial charge >= 0.3 is 0 Å². The van der Waals surface area contributed by atoms with E-state index in [9.17, 15) is 0 Å². The molecule has 0 atom stereocenters. The van der Waals surface area contributed by atoms with Crippen LogP contribution < -0.4 is 0 Å². The SMILES string of the molecule is c1cc(-c2ccc3c4c(ccc3c2)-c2cc3ccccc3cc2C42c3ccccc3-c3ccccc32)cc(-c2ccc3c4c(cccc24)-c2ccccc2-3)c1. The topological polar surface area (TPSA) is 0 Å². The van der Waals surface area contributed by atoms with E-state index in [0.717, 1.165) is 0 Å². The Morgan fingerprint density at radius 3 is 1.62 bits per heavy atom. The van der Waals surface area contributed by atoms with Crippen LogP contribution in [0.3, 0.4) is 0 Å². The lowest BCUT2D eigenvalue weighted by Gasteiger charge is -2.31. The van der Waals surface area contributed by atoms with Crippen LogP contribution in [-0.2, 0) is 5.41 Å². The molecule has 0 aromatic heterocycles. The number of fused-ring (bicyclic) bond motifs is 16. The molecule has 0 saturated carbocycles. The zero-order valence-corrected chi connectivity index (χ0v) is 30.0. The van der Waals surface area contributed by atoms with Crippen molar-refractivity contribution in [2.24, 2.45) is 0 Å². The van der Waals surface area contributed by atoms with Crippen LogP contribution in [-0.4, -0.2) is 0 Å². The normalized spacial score (nSPS) is 13.6. The summed E-state index contributed by atoms with van der Waals surface area (Å²) in [5.74, 6) is 0. The lowest BCUT2D eigenvalue weighted by molar-refractivity contribution is 0.802. The third-order valence-corrected chi connectivity index (χ3v) is 13.0. The average molecular weight is 693 g/mol. The second kappa shape index (κ2) is 10.6. The largest absolute Gasteiger partial charge is 0.0731 e. The molecule has 10 aromatic carbocycles. The van der Waals surface area contributed by atoms with Crippen LogP contribution in [0.15, 0.2) is 194 Å². The third-order valence-electron chi connectivity index (χ3n) is 13.0. The molecular weight excluding hydrogens is 661 g/mol. The highest BCUT2D eigenvalue weighted by Gasteiger charge is 2.52. The van der Waals surface area contributed by atoms with Gasteiger partial charge in [-0.25, -0.2) is 0 Å². The zero-order chi connectivity index (χ0) is 35.8. The molecule has 0 aliphatic heterocycles. The van der Waals surface area contributed by atoms with Gasteiger partial charge in [0.05, 0.1) is 5.41 Å². The highest BCUT2D eigenvalue weighted by molar-refractivity contribution is 6.18. The first-order chi connectivity index (χ1) is 27.3. The number of benzene rings is 10. The summed E-state index contributed by atoms with van der Waals surface area (Å²) >= 11 is 0. The molecule has 0 nitrogen and oxygen atoms in total. The van der Waals surface area contributed by atoms with E-state index >= 15 is 0 Å². The standard InChI is InChI=1S/C55H32/c1-2-12-35-32-52-49(31-34(35)11-1)48-26-24-38-30-36(23-25-40(38)54(48)55(52)50-21-7-5-17-43(50)44-18-6-8-22-51(44)55)33-13-9-14-37(29-33)39-27-28-47-42-16-4-3-15-41(42)46-20-10-19-45(39)53(46)47/h1-32H. The Morgan fingerprint density at radius 1 is 0.255 bits per heavy atom. The summed E-state index contributed by atoms with van der Waals surface area (Å²) < 4.78 is 0. The van der Waals surface area contributed by atoms with E-state index in [4.69, 9.17) is 0 Å². The minimum atomic E-state index is -0.405. The summed E-state index contributed by atoms with van der Waals surface area (Å²) in [6.07, 6.45) is 0. The zero-order valence-electron chi connectivity index (χ0n) is 30.0. The van der Waals surface area contributed by atoms with Crippen molar-refractivity contribution in [2.75, 3.05) is 0 Å². The second-order valence-corrected chi connectivity index (χ2v) is 15.5. The molecule has 0 radical (unpaired) electrons. The Kier molecular flexibility index (Phi) is 5.65. The molecule has 3 aliphatic rings. The van der Waals surface area contributed by atoms with Gasteiger partial charge in [0, 0.05) is 0 Å². The second-order valence-electron chi connectivity index (χ2n) is 15.5. The lowest BCUT2D eigenvalue weighted by Crippen LogP contribution is -2.26. The van der Waals surface area contributed by atoms with Crippen LogP contribution in [0, 0.1) is 0 Å². The van der Waals surface area contributed by atoms with E-state index in [1.54, 1.807) is 0 Å². The number of hydrogen-bond acceptors (Lipinski definition) is 0. The summed E-state index contributed by atoms with van der Waals surface area (Å²) in [6.45, 7) is 0. The molecule has 252 valence electrons. The van der Waals surface area contributed by atoms with Gasteiger partial charge in [0.2, 0.25) is 0 Å². The third kappa shape index (κ3) is 3.71. The van der Waals surface area contributed by atoms with Gasteiger partial charge in [0.15, 0.2) is 0 Å². The number of hydrogen-bond donors (Lipinski definition) is 0. The van der Waals surface area contributed by atoms with Crippen molar-refractivity contribution in [3.63, 3.8) is 0 Å². The Morgan fingerprint density at radius 2 is 0.836 bits per heavy atom. The van der Waals surface area contributed by atoms with Crippen molar-refractivity contribution in [3.05, 3.63) is 216 Å². The van der Waals surface area contributed by atoms with Crippen LogP contribution in [0.5, 0.6) is 0 Å². The summed E-state index contributed by atoms with van der Waals surface area (Å²) in [7, 11) is 0. The maximum Gasteiger partial charge on any atom is 0.0731 e. The molecule has 0 amide bonds. The van der Waals surface area contributed by atoms with E-state index < -0.39 is 5.41 Å². The van der Waals surface area contributed by atoms with Crippen LogP contribution in [0.1, 0.15) is 22.3 Å². The summed E-state index contributed by atoms with van der Waals surface area (Å²) in [5, 5.41) is 7.83. The molecule has 0 N–H and O–H groups in total. The summed E-state index contributed by atoms with van der Waals surface area (Å²) in [5.41, 5.74) is 20.8. The monoisotopic (exact) mass is 692 g/mol. The minimum absolute atomic E-state index is 0.405. The molecule has 0 heteroatoms. The predicted octanol–water partition coefficient (Wildman–Crippen LogP) is 14.5. The molecule has 0 fully saturated rings. The molecule has 10 aromatic rings. The fraction of sp³-hybridized carbons (Fsp3) is 0.0182. The molecule has 0 unspecified atom stereocenters. The summed E-state index contributed by atoms with van der Waals surface area (Å²) in [6, 6.07) is 73.3. The Balaban J connectivity index is 1.01. The van der Waals surface area contributed by atoms with Crippen molar-refractivity contribution >= 4 is 32.3 Å². The molecule has 3 aliphatic carbocycles. The maximum absolute atomic E-state index is 2.48. The molecule has 0 saturated heterocycles. The Hall–Kier alpha value is -7.02. The van der Waals surface area contributed by atoms with Gasteiger partial charge in [-0.3, -0.25) is 0 Å². The molecule has 1 spiro atoms. The van der Waals surface area contributed by atoms with Crippen molar-refractivity contribution in [2.45, 2.75) is 5.41 Å². The first-order valence-corrected chi connectivity index (χ1v) is 19.3. The molecule has 13 rings (SSSR count). The van der Waals surface area contributed by atoms with Crippen LogP contribution in [0.25, 0.3) is 99.1 Å². The van der Waals surface area contributed by atoms with E-state index in [1.807, 2.05) is 0 Å². The predicted molar refractivity (Wildman–Crippen MR) is 231 cm³/mol. The van der Waals surface area contributed by atoms with E-state index in [1.165, 1.54) is 121 Å². The van der Waals surface area contributed by atoms with Crippen molar-refractivity contribution in [1.29, 1.82) is 0 Å². The van der Waals surface area contributed by atoms with Crippen LogP contribution in [0.4, 0.5) is 0 Å². The van der Waals surface area contributed by atoms with E-state index in [0.29, 0.717) is 0 Å². The fourth-order valence-electron chi connectivity index (χ4n) is 10.8. The molecular formula is C55H32. The van der Waals surface area contributed by atoms with Gasteiger partial charge in [-0.15, -0.1) is 0 Å². The minimum Gasteiger partial charge on any atom is -0.0619 e. The smallest absolute Gasteiger partial charge is 0.0619 e. The van der Waals surface area contributed by atoms with Gasteiger partial charge in [-0.05, 0) is 146 Å². The average Bonchev–Trinajstić information content (AvgIpc) is 3.85. The van der Waals surface area contributed by atoms with Gasteiger partial charge in [0.25, 0.3) is 0 Å². The lowest BCUT2D eigenvalue weighted by atomic mass is 9.69. The first-order valence-electron chi connectivity index (χ1n) is 19.3. The molecule has 0 heterocycles. The fourth-order valence-corrected chi connectivity index (χ4v) is 10.8. The van der Waals surface area contributed by atoms with E-state index in [2.05, 4.69) is 194 Å². The van der Waals surface area contributed by atoms with Crippen molar-refractivity contribution in [3.8, 4) is 66.8 Å². The van der Waals surface area contributed by atoms with Gasteiger partial charge in [-0.1, -0.05) is 170 Å². The van der Waals surface area contributed by atoms with Crippen LogP contribution >= 0.6 is 0 Å². The Bertz CT molecular complexity index is 3250. The van der Waals surface area contributed by atoms with E-state index in [-0.39, 0.29) is 0 Å². The van der Waals surface area contributed by atoms with Crippen molar-refractivity contribution < 1.29 is 0 Å². The molecule has 0 bridgehead atoms. The van der Waals surface area contributed by atoms with Gasteiger partial charge < -0.3 is 0 Å². The quantitative estimate of drug-likeness (QED) is 0.169. The van der Waals surface area contributed by atoms with Crippen molar-refractivity contribution in [1.82, 2.24) is 0 Å². The van der Waals surface area contributed by atoms with Gasteiger partial charge in [0.1, 0.15) is 0 Å². The van der Waals surface area contributed by atoms with Crippen LogP contribution in [0.2, 0.25) is 0 Å². The number of rotatable bonds is 2.